The first kappa shape index (κ1) is 7.53. The second kappa shape index (κ2) is 3.09. The molecule has 0 radical (unpaired) electrons. The number of rotatable bonds is 0. The Morgan fingerprint density at radius 1 is 1.09 bits per heavy atom. The summed E-state index contributed by atoms with van der Waals surface area (Å²) in [5, 5.41) is 6.76. The highest BCUT2D eigenvalue weighted by Crippen LogP contribution is 2.20. The zero-order valence-electron chi connectivity index (χ0n) is 6.86. The molecule has 3 nitrogen and oxygen atoms in total. The Bertz CT molecular complexity index is 122. The van der Waals surface area contributed by atoms with Gasteiger partial charge in [0.2, 0.25) is 0 Å². The van der Waals surface area contributed by atoms with Crippen molar-refractivity contribution in [3.63, 3.8) is 0 Å². The second-order valence-electron chi connectivity index (χ2n) is 3.49. The lowest BCUT2D eigenvalue weighted by Gasteiger charge is -2.26. The topological polar surface area (TPSA) is 33.3 Å². The smallest absolute Gasteiger partial charge is 0.0941 e. The van der Waals surface area contributed by atoms with Crippen molar-refractivity contribution in [1.29, 1.82) is 0 Å². The third-order valence-corrected chi connectivity index (χ3v) is 2.56. The van der Waals surface area contributed by atoms with E-state index in [4.69, 9.17) is 4.74 Å². The van der Waals surface area contributed by atoms with Gasteiger partial charge in [0, 0.05) is 19.7 Å². The summed E-state index contributed by atoms with van der Waals surface area (Å²) in [6, 6.07) is 0. The van der Waals surface area contributed by atoms with Gasteiger partial charge in [-0.1, -0.05) is 0 Å². The Labute approximate surface area is 67.5 Å². The molecule has 0 aliphatic carbocycles. The maximum atomic E-state index is 5.83. The first-order valence-electron chi connectivity index (χ1n) is 4.47. The molecule has 0 saturated carbocycles. The van der Waals surface area contributed by atoms with Crippen LogP contribution < -0.4 is 10.6 Å². The first-order chi connectivity index (χ1) is 5.41. The van der Waals surface area contributed by atoms with E-state index >= 15 is 0 Å². The maximum Gasteiger partial charge on any atom is 0.0941 e. The summed E-state index contributed by atoms with van der Waals surface area (Å²) in [6.07, 6.45) is 2.32. The van der Waals surface area contributed by atoms with Crippen LogP contribution in [0, 0.1) is 0 Å². The minimum atomic E-state index is 0.135. The largest absolute Gasteiger partial charge is 0.372 e. The summed E-state index contributed by atoms with van der Waals surface area (Å²) >= 11 is 0. The van der Waals surface area contributed by atoms with Crippen LogP contribution in [0.1, 0.15) is 12.8 Å². The van der Waals surface area contributed by atoms with E-state index < -0.39 is 0 Å². The van der Waals surface area contributed by atoms with Gasteiger partial charge in [0.05, 0.1) is 5.60 Å². The van der Waals surface area contributed by atoms with E-state index in [1.165, 1.54) is 6.42 Å². The summed E-state index contributed by atoms with van der Waals surface area (Å²) in [4.78, 5) is 0. The van der Waals surface area contributed by atoms with Crippen molar-refractivity contribution in [2.45, 2.75) is 18.4 Å². The van der Waals surface area contributed by atoms with Crippen LogP contribution >= 0.6 is 0 Å². The average Bonchev–Trinajstić information content (AvgIpc) is 2.32. The van der Waals surface area contributed by atoms with Crippen molar-refractivity contribution in [3.8, 4) is 0 Å². The van der Waals surface area contributed by atoms with E-state index in [0.717, 1.165) is 39.2 Å². The van der Waals surface area contributed by atoms with Gasteiger partial charge in [-0.2, -0.15) is 0 Å². The molecule has 2 aliphatic heterocycles. The molecular formula is C8H16N2O. The molecule has 2 aliphatic rings. The van der Waals surface area contributed by atoms with Crippen molar-refractivity contribution < 1.29 is 4.74 Å². The predicted octanol–water partition coefficient (Wildman–Crippen LogP) is -0.272. The Morgan fingerprint density at radius 3 is 2.73 bits per heavy atom. The van der Waals surface area contributed by atoms with Gasteiger partial charge >= 0.3 is 0 Å². The molecule has 0 aromatic heterocycles. The molecule has 0 bridgehead atoms. The molecule has 0 amide bonds. The minimum Gasteiger partial charge on any atom is -0.372 e. The van der Waals surface area contributed by atoms with Gasteiger partial charge < -0.3 is 15.4 Å². The summed E-state index contributed by atoms with van der Waals surface area (Å²) in [6.45, 7) is 5.21. The molecule has 1 unspecified atom stereocenters. The normalized spacial score (nSPS) is 39.3. The van der Waals surface area contributed by atoms with E-state index in [-0.39, 0.29) is 5.60 Å². The monoisotopic (exact) mass is 156 g/mol. The lowest BCUT2D eigenvalue weighted by atomic mass is 10.0. The highest BCUT2D eigenvalue weighted by atomic mass is 16.5. The summed E-state index contributed by atoms with van der Waals surface area (Å²) < 4.78 is 5.83. The first-order valence-corrected chi connectivity index (χ1v) is 4.47. The fourth-order valence-corrected chi connectivity index (χ4v) is 1.85. The van der Waals surface area contributed by atoms with Gasteiger partial charge in [-0.05, 0) is 25.9 Å². The van der Waals surface area contributed by atoms with Crippen molar-refractivity contribution in [1.82, 2.24) is 10.6 Å². The van der Waals surface area contributed by atoms with E-state index in [2.05, 4.69) is 10.6 Å². The fourth-order valence-electron chi connectivity index (χ4n) is 1.85. The summed E-state index contributed by atoms with van der Waals surface area (Å²) in [5.41, 5.74) is 0.135. The Kier molecular flexibility index (Phi) is 2.11. The van der Waals surface area contributed by atoms with E-state index in [1.807, 2.05) is 0 Å². The molecule has 2 heterocycles. The van der Waals surface area contributed by atoms with Gasteiger partial charge in [0.25, 0.3) is 0 Å². The minimum absolute atomic E-state index is 0.135. The molecule has 2 rings (SSSR count). The van der Waals surface area contributed by atoms with Crippen LogP contribution in [0.5, 0.6) is 0 Å². The SMILES string of the molecule is C1CNCC2(CCNC2)OC1. The van der Waals surface area contributed by atoms with Crippen LogP contribution in [0.3, 0.4) is 0 Å². The van der Waals surface area contributed by atoms with Gasteiger partial charge in [0.1, 0.15) is 0 Å². The molecule has 2 saturated heterocycles. The summed E-state index contributed by atoms with van der Waals surface area (Å²) in [5.74, 6) is 0. The lowest BCUT2D eigenvalue weighted by Crippen LogP contribution is -2.43. The predicted molar refractivity (Wildman–Crippen MR) is 43.7 cm³/mol. The van der Waals surface area contributed by atoms with Crippen LogP contribution in [-0.4, -0.2) is 38.4 Å². The van der Waals surface area contributed by atoms with Crippen LogP contribution in [0.25, 0.3) is 0 Å². The van der Waals surface area contributed by atoms with Gasteiger partial charge in [-0.25, -0.2) is 0 Å². The molecule has 0 aromatic carbocycles. The maximum absolute atomic E-state index is 5.83. The number of ether oxygens (including phenoxy) is 1. The third kappa shape index (κ3) is 1.55. The molecule has 64 valence electrons. The molecule has 1 atom stereocenters. The van der Waals surface area contributed by atoms with Gasteiger partial charge in [-0.3, -0.25) is 0 Å². The zero-order chi connectivity index (χ0) is 7.57. The Balaban J connectivity index is 1.97. The number of hydrogen-bond donors (Lipinski definition) is 2. The third-order valence-electron chi connectivity index (χ3n) is 2.56. The molecular weight excluding hydrogens is 140 g/mol. The molecule has 2 N–H and O–H groups in total. The van der Waals surface area contributed by atoms with E-state index in [1.54, 1.807) is 0 Å². The van der Waals surface area contributed by atoms with E-state index in [9.17, 15) is 0 Å². The van der Waals surface area contributed by atoms with Gasteiger partial charge in [-0.15, -0.1) is 0 Å². The lowest BCUT2D eigenvalue weighted by molar-refractivity contribution is -0.0173. The summed E-state index contributed by atoms with van der Waals surface area (Å²) in [7, 11) is 0. The van der Waals surface area contributed by atoms with E-state index in [0.29, 0.717) is 0 Å². The second-order valence-corrected chi connectivity index (χ2v) is 3.49. The Hall–Kier alpha value is -0.120. The van der Waals surface area contributed by atoms with Crippen LogP contribution in [-0.2, 0) is 4.74 Å². The Morgan fingerprint density at radius 2 is 1.91 bits per heavy atom. The fraction of sp³-hybridized carbons (Fsp3) is 1.00. The van der Waals surface area contributed by atoms with Crippen LogP contribution in [0.2, 0.25) is 0 Å². The highest BCUT2D eigenvalue weighted by molar-refractivity contribution is 4.92. The molecule has 0 aromatic rings. The highest BCUT2D eigenvalue weighted by Gasteiger charge is 2.35. The van der Waals surface area contributed by atoms with Crippen molar-refractivity contribution in [2.75, 3.05) is 32.8 Å². The molecule has 3 heteroatoms. The van der Waals surface area contributed by atoms with Crippen molar-refractivity contribution >= 4 is 0 Å². The van der Waals surface area contributed by atoms with Crippen LogP contribution in [0.15, 0.2) is 0 Å². The standard InChI is InChI=1S/C8H16N2O/c1-3-9-6-8(11-5-1)2-4-10-7-8/h9-10H,1-7H2. The average molecular weight is 156 g/mol. The number of nitrogens with one attached hydrogen (secondary N) is 2. The van der Waals surface area contributed by atoms with Crippen molar-refractivity contribution in [2.24, 2.45) is 0 Å². The van der Waals surface area contributed by atoms with Crippen molar-refractivity contribution in [3.05, 3.63) is 0 Å². The molecule has 1 spiro atoms. The quantitative estimate of drug-likeness (QED) is 0.506. The zero-order valence-corrected chi connectivity index (χ0v) is 6.86. The van der Waals surface area contributed by atoms with Gasteiger partial charge in [0.15, 0.2) is 0 Å². The number of hydrogen-bond acceptors (Lipinski definition) is 3. The molecule has 2 fully saturated rings. The van der Waals surface area contributed by atoms with Crippen LogP contribution in [0.4, 0.5) is 0 Å². The molecule has 11 heavy (non-hydrogen) atoms.